The van der Waals surface area contributed by atoms with Gasteiger partial charge in [0.15, 0.2) is 5.16 Å². The van der Waals surface area contributed by atoms with Gasteiger partial charge in [-0.3, -0.25) is 4.79 Å². The van der Waals surface area contributed by atoms with E-state index in [1.807, 2.05) is 6.92 Å². The number of carboxylic acids is 1. The summed E-state index contributed by atoms with van der Waals surface area (Å²) in [5, 5.41) is 17.6. The maximum absolute atomic E-state index is 10.5. The Kier molecular flexibility index (Phi) is 3.18. The predicted molar refractivity (Wildman–Crippen MR) is 60.6 cm³/mol. The lowest BCUT2D eigenvalue weighted by Crippen LogP contribution is -2.05. The summed E-state index contributed by atoms with van der Waals surface area (Å²) in [5.41, 5.74) is 0. The molecule has 1 N–H and O–H groups in total. The van der Waals surface area contributed by atoms with Gasteiger partial charge in [0.25, 0.3) is 0 Å². The highest BCUT2D eigenvalue weighted by Gasteiger charge is 2.37. The van der Waals surface area contributed by atoms with Gasteiger partial charge in [0, 0.05) is 12.5 Å². The molecule has 0 amide bonds. The highest BCUT2D eigenvalue weighted by Crippen LogP contribution is 2.45. The number of rotatable bonds is 5. The Bertz CT molecular complexity index is 405. The molecule has 2 atom stereocenters. The van der Waals surface area contributed by atoms with Gasteiger partial charge in [-0.05, 0) is 12.3 Å². The number of carbonyl (C=O) groups is 1. The molecule has 1 saturated carbocycles. The first-order valence-corrected chi connectivity index (χ1v) is 6.40. The lowest BCUT2D eigenvalue weighted by Gasteiger charge is -2.07. The Morgan fingerprint density at radius 1 is 1.62 bits per heavy atom. The summed E-state index contributed by atoms with van der Waals surface area (Å²) in [6, 6.07) is 0.473. The van der Waals surface area contributed by atoms with Gasteiger partial charge in [-0.1, -0.05) is 25.6 Å². The number of hydrogen-bond acceptors (Lipinski definition) is 4. The Balaban J connectivity index is 2.17. The molecule has 16 heavy (non-hydrogen) atoms. The van der Waals surface area contributed by atoms with Gasteiger partial charge < -0.3 is 9.67 Å². The summed E-state index contributed by atoms with van der Waals surface area (Å²) in [6.45, 7) is 4.23. The number of aryl methyl sites for hydroxylation is 1. The first kappa shape index (κ1) is 11.4. The fraction of sp³-hybridized carbons (Fsp3) is 0.700. The van der Waals surface area contributed by atoms with Crippen molar-refractivity contribution in [3.63, 3.8) is 0 Å². The molecule has 0 spiro atoms. The van der Waals surface area contributed by atoms with Gasteiger partial charge in [0.1, 0.15) is 5.82 Å². The van der Waals surface area contributed by atoms with E-state index in [-0.39, 0.29) is 5.75 Å². The maximum Gasteiger partial charge on any atom is 0.313 e. The molecule has 1 fully saturated rings. The van der Waals surface area contributed by atoms with Crippen LogP contribution in [0.2, 0.25) is 0 Å². The van der Waals surface area contributed by atoms with Crippen LogP contribution in [0.15, 0.2) is 5.16 Å². The third-order valence-corrected chi connectivity index (χ3v) is 3.70. The van der Waals surface area contributed by atoms with Gasteiger partial charge in [0.05, 0.1) is 5.75 Å². The van der Waals surface area contributed by atoms with Crippen molar-refractivity contribution in [2.75, 3.05) is 5.75 Å². The van der Waals surface area contributed by atoms with Crippen molar-refractivity contribution in [2.45, 2.75) is 37.9 Å². The fourth-order valence-electron chi connectivity index (χ4n) is 1.77. The first-order valence-electron chi connectivity index (χ1n) is 5.41. The lowest BCUT2D eigenvalue weighted by atomic mass is 10.4. The number of aromatic nitrogens is 3. The number of nitrogens with zero attached hydrogens (tertiary/aromatic N) is 3. The van der Waals surface area contributed by atoms with E-state index in [1.165, 1.54) is 11.8 Å². The van der Waals surface area contributed by atoms with Crippen LogP contribution in [0.1, 0.15) is 32.1 Å². The highest BCUT2D eigenvalue weighted by atomic mass is 32.2. The second-order valence-corrected chi connectivity index (χ2v) is 5.03. The SMILES string of the molecule is CCc1nnc(SCC(=O)O)n1C1CC1C. The van der Waals surface area contributed by atoms with Crippen molar-refractivity contribution in [1.82, 2.24) is 14.8 Å². The van der Waals surface area contributed by atoms with Crippen LogP contribution in [0.5, 0.6) is 0 Å². The Labute approximate surface area is 98.3 Å². The van der Waals surface area contributed by atoms with Crippen LogP contribution in [0.4, 0.5) is 0 Å². The molecule has 0 bridgehead atoms. The Hall–Kier alpha value is -1.04. The largest absolute Gasteiger partial charge is 0.481 e. The predicted octanol–water partition coefficient (Wildman–Crippen LogP) is 1.60. The molecule has 0 saturated heterocycles. The van der Waals surface area contributed by atoms with E-state index in [0.717, 1.165) is 23.8 Å². The molecule has 2 unspecified atom stereocenters. The zero-order valence-electron chi connectivity index (χ0n) is 9.38. The molecule has 0 radical (unpaired) electrons. The molecule has 6 heteroatoms. The topological polar surface area (TPSA) is 68.0 Å². The smallest absolute Gasteiger partial charge is 0.313 e. The minimum absolute atomic E-state index is 0.0446. The van der Waals surface area contributed by atoms with E-state index in [0.29, 0.717) is 12.0 Å². The molecular formula is C10H15N3O2S. The second-order valence-electron chi connectivity index (χ2n) is 4.09. The summed E-state index contributed by atoms with van der Waals surface area (Å²) in [7, 11) is 0. The van der Waals surface area contributed by atoms with Gasteiger partial charge in [0.2, 0.25) is 0 Å². The normalized spacial score (nSPS) is 23.4. The molecule has 1 aromatic heterocycles. The Morgan fingerprint density at radius 3 is 2.81 bits per heavy atom. The van der Waals surface area contributed by atoms with Crippen molar-refractivity contribution < 1.29 is 9.90 Å². The van der Waals surface area contributed by atoms with Gasteiger partial charge in [-0.25, -0.2) is 0 Å². The maximum atomic E-state index is 10.5. The van der Waals surface area contributed by atoms with Crippen molar-refractivity contribution in [1.29, 1.82) is 0 Å². The summed E-state index contributed by atoms with van der Waals surface area (Å²) in [6.07, 6.45) is 1.98. The first-order chi connectivity index (χ1) is 7.63. The minimum atomic E-state index is -0.818. The van der Waals surface area contributed by atoms with Crippen LogP contribution in [-0.4, -0.2) is 31.6 Å². The molecular weight excluding hydrogens is 226 g/mol. The minimum Gasteiger partial charge on any atom is -0.481 e. The number of thioether (sulfide) groups is 1. The third kappa shape index (κ3) is 2.21. The molecule has 1 heterocycles. The summed E-state index contributed by atoms with van der Waals surface area (Å²) >= 11 is 1.25. The lowest BCUT2D eigenvalue weighted by molar-refractivity contribution is -0.133. The summed E-state index contributed by atoms with van der Waals surface area (Å²) in [5.74, 6) is 0.845. The molecule has 5 nitrogen and oxygen atoms in total. The van der Waals surface area contributed by atoms with Gasteiger partial charge in [-0.2, -0.15) is 0 Å². The van der Waals surface area contributed by atoms with Crippen LogP contribution >= 0.6 is 11.8 Å². The van der Waals surface area contributed by atoms with Gasteiger partial charge >= 0.3 is 5.97 Å². The Morgan fingerprint density at radius 2 is 2.31 bits per heavy atom. The molecule has 1 aliphatic carbocycles. The van der Waals surface area contributed by atoms with E-state index in [2.05, 4.69) is 21.7 Å². The molecule has 88 valence electrons. The molecule has 0 aliphatic heterocycles. The average Bonchev–Trinajstić information content (AvgIpc) is 2.81. The van der Waals surface area contributed by atoms with Crippen molar-refractivity contribution >= 4 is 17.7 Å². The summed E-state index contributed by atoms with van der Waals surface area (Å²) in [4.78, 5) is 10.5. The van der Waals surface area contributed by atoms with Crippen molar-refractivity contribution in [3.8, 4) is 0 Å². The van der Waals surface area contributed by atoms with Crippen molar-refractivity contribution in [3.05, 3.63) is 5.82 Å². The van der Waals surface area contributed by atoms with E-state index in [9.17, 15) is 4.79 Å². The van der Waals surface area contributed by atoms with E-state index < -0.39 is 5.97 Å². The molecule has 1 aliphatic rings. The molecule has 0 aromatic carbocycles. The van der Waals surface area contributed by atoms with E-state index in [4.69, 9.17) is 5.11 Å². The van der Waals surface area contributed by atoms with Crippen LogP contribution < -0.4 is 0 Å². The fourth-order valence-corrected chi connectivity index (χ4v) is 2.50. The monoisotopic (exact) mass is 241 g/mol. The zero-order valence-corrected chi connectivity index (χ0v) is 10.2. The molecule has 1 aromatic rings. The van der Waals surface area contributed by atoms with Crippen LogP contribution in [0.25, 0.3) is 0 Å². The number of aliphatic carboxylic acids is 1. The van der Waals surface area contributed by atoms with E-state index in [1.54, 1.807) is 0 Å². The second kappa shape index (κ2) is 4.45. The highest BCUT2D eigenvalue weighted by molar-refractivity contribution is 7.99. The molecule has 2 rings (SSSR count). The standard InChI is InChI=1S/C10H15N3O2S/c1-3-8-11-12-10(16-5-9(14)15)13(8)7-4-6(7)2/h6-7H,3-5H2,1-2H3,(H,14,15). The number of hydrogen-bond donors (Lipinski definition) is 1. The van der Waals surface area contributed by atoms with Crippen LogP contribution in [0, 0.1) is 5.92 Å². The van der Waals surface area contributed by atoms with E-state index >= 15 is 0 Å². The van der Waals surface area contributed by atoms with Gasteiger partial charge in [-0.15, -0.1) is 10.2 Å². The van der Waals surface area contributed by atoms with Crippen LogP contribution in [0.3, 0.4) is 0 Å². The zero-order chi connectivity index (χ0) is 11.7. The summed E-state index contributed by atoms with van der Waals surface area (Å²) < 4.78 is 2.11. The quantitative estimate of drug-likeness (QED) is 0.793. The average molecular weight is 241 g/mol. The van der Waals surface area contributed by atoms with Crippen LogP contribution in [-0.2, 0) is 11.2 Å². The number of carboxylic acid groups (broad SMARTS) is 1. The van der Waals surface area contributed by atoms with Crippen molar-refractivity contribution in [2.24, 2.45) is 5.92 Å². The third-order valence-electron chi connectivity index (χ3n) is 2.77.